The lowest BCUT2D eigenvalue weighted by Crippen LogP contribution is -2.00. The van der Waals surface area contributed by atoms with Gasteiger partial charge in [0.05, 0.1) is 0 Å². The summed E-state index contributed by atoms with van der Waals surface area (Å²) in [7, 11) is 0. The fraction of sp³-hybridized carbons (Fsp3) is 0. The van der Waals surface area contributed by atoms with E-state index in [-0.39, 0.29) is 5.43 Å². The van der Waals surface area contributed by atoms with Crippen molar-refractivity contribution in [3.05, 3.63) is 52.9 Å². The molecule has 0 aromatic carbocycles. The molecule has 0 saturated carbocycles. The van der Waals surface area contributed by atoms with Gasteiger partial charge in [0.25, 0.3) is 0 Å². The van der Waals surface area contributed by atoms with Gasteiger partial charge in [0.2, 0.25) is 0 Å². The van der Waals surface area contributed by atoms with Crippen LogP contribution in [0.2, 0.25) is 0 Å². The minimum atomic E-state index is 0.0468. The maximum atomic E-state index is 11.3. The Kier molecular flexibility index (Phi) is 1.59. The molecule has 1 heterocycles. The Hall–Kier alpha value is -1.70. The first-order valence-corrected chi connectivity index (χ1v) is 3.71. The molecule has 0 unspecified atom stereocenters. The number of aromatic nitrogens is 1. The number of fused-ring (bicyclic) bond motifs is 1. The highest BCUT2D eigenvalue weighted by atomic mass is 16.1. The fourth-order valence-corrected chi connectivity index (χ4v) is 1.18. The van der Waals surface area contributed by atoms with Crippen molar-refractivity contribution in [2.24, 2.45) is 0 Å². The number of rotatable bonds is 0. The molecule has 58 valence electrons. The van der Waals surface area contributed by atoms with Gasteiger partial charge in [0.1, 0.15) is 0 Å². The lowest BCUT2D eigenvalue weighted by atomic mass is 10.1. The van der Waals surface area contributed by atoms with Gasteiger partial charge in [-0.25, -0.2) is 0 Å². The van der Waals surface area contributed by atoms with E-state index < -0.39 is 0 Å². The lowest BCUT2D eigenvalue weighted by molar-refractivity contribution is 1.37. The van der Waals surface area contributed by atoms with E-state index in [2.05, 4.69) is 4.98 Å². The monoisotopic (exact) mass is 157 g/mol. The van der Waals surface area contributed by atoms with Crippen molar-refractivity contribution in [2.45, 2.75) is 0 Å². The van der Waals surface area contributed by atoms with Gasteiger partial charge in [-0.1, -0.05) is 12.1 Å². The van der Waals surface area contributed by atoms with Gasteiger partial charge in [0, 0.05) is 18.0 Å². The van der Waals surface area contributed by atoms with Crippen LogP contribution >= 0.6 is 0 Å². The zero-order chi connectivity index (χ0) is 8.39. The number of hydrogen-bond acceptors (Lipinski definition) is 2. The highest BCUT2D eigenvalue weighted by molar-refractivity contribution is 5.62. The van der Waals surface area contributed by atoms with Gasteiger partial charge >= 0.3 is 0 Å². The molecule has 12 heavy (non-hydrogen) atoms. The molecule has 0 N–H and O–H groups in total. The third-order valence-electron chi connectivity index (χ3n) is 1.77. The van der Waals surface area contributed by atoms with Crippen LogP contribution in [0.5, 0.6) is 0 Å². The molecular weight excluding hydrogens is 150 g/mol. The summed E-state index contributed by atoms with van der Waals surface area (Å²) in [5.41, 5.74) is 1.69. The molecule has 2 nitrogen and oxygen atoms in total. The highest BCUT2D eigenvalue weighted by Crippen LogP contribution is 2.12. The number of hydrogen-bond donors (Lipinski definition) is 0. The highest BCUT2D eigenvalue weighted by Gasteiger charge is 2.00. The largest absolute Gasteiger partial charge is 0.289 e. The molecule has 0 atom stereocenters. The van der Waals surface area contributed by atoms with Crippen molar-refractivity contribution in [3.8, 4) is 11.1 Å². The Balaban J connectivity index is 2.88. The molecule has 2 heteroatoms. The molecule has 0 spiro atoms. The van der Waals surface area contributed by atoms with Crippen LogP contribution in [0.15, 0.2) is 47.5 Å². The van der Waals surface area contributed by atoms with Gasteiger partial charge in [-0.2, -0.15) is 0 Å². The van der Waals surface area contributed by atoms with E-state index in [0.29, 0.717) is 0 Å². The number of benzene rings is 1. The molecule has 0 amide bonds. The third kappa shape index (κ3) is 1.07. The first-order chi connectivity index (χ1) is 5.88. The standard InChI is InChI=1S/C10H7NO/c12-10-3-1-2-8-4-6-11-7-5-9(8)10/h1-7H. The maximum absolute atomic E-state index is 11.3. The van der Waals surface area contributed by atoms with E-state index in [4.69, 9.17) is 0 Å². The second kappa shape index (κ2) is 2.74. The smallest absolute Gasteiger partial charge is 0.186 e. The summed E-state index contributed by atoms with van der Waals surface area (Å²) >= 11 is 0. The van der Waals surface area contributed by atoms with E-state index in [0.717, 1.165) is 11.1 Å². The Bertz CT molecular complexity index is 425. The first-order valence-electron chi connectivity index (χ1n) is 3.71. The van der Waals surface area contributed by atoms with Crippen molar-refractivity contribution >= 4 is 0 Å². The molecule has 1 aliphatic carbocycles. The molecule has 0 bridgehead atoms. The van der Waals surface area contributed by atoms with Crippen molar-refractivity contribution in [2.75, 3.05) is 0 Å². The molecule has 1 aliphatic heterocycles. The number of nitrogens with zero attached hydrogens (tertiary/aromatic N) is 1. The summed E-state index contributed by atoms with van der Waals surface area (Å²) in [5, 5.41) is 0. The van der Waals surface area contributed by atoms with Gasteiger partial charge in [-0.3, -0.25) is 9.78 Å². The minimum absolute atomic E-state index is 0.0468. The Morgan fingerprint density at radius 2 is 1.83 bits per heavy atom. The zero-order valence-electron chi connectivity index (χ0n) is 6.40. The average molecular weight is 157 g/mol. The Labute approximate surface area is 69.9 Å². The molecular formula is C10H7NO. The van der Waals surface area contributed by atoms with E-state index in [1.165, 1.54) is 0 Å². The molecule has 0 radical (unpaired) electrons. The summed E-state index contributed by atoms with van der Waals surface area (Å²) in [5.74, 6) is 0. The molecule has 0 saturated heterocycles. The van der Waals surface area contributed by atoms with E-state index in [1.807, 2.05) is 12.1 Å². The fourth-order valence-electron chi connectivity index (χ4n) is 1.18. The van der Waals surface area contributed by atoms with Gasteiger partial charge in [0.15, 0.2) is 5.43 Å². The molecule has 0 aromatic rings. The van der Waals surface area contributed by atoms with Gasteiger partial charge in [-0.05, 0) is 23.8 Å². The van der Waals surface area contributed by atoms with Crippen LogP contribution in [-0.4, -0.2) is 4.98 Å². The SMILES string of the molecule is O=c1cccc2ccnccc1-2. The van der Waals surface area contributed by atoms with Crippen molar-refractivity contribution in [3.63, 3.8) is 0 Å². The topological polar surface area (TPSA) is 30.0 Å². The van der Waals surface area contributed by atoms with E-state index >= 15 is 0 Å². The summed E-state index contributed by atoms with van der Waals surface area (Å²) in [6.45, 7) is 0. The maximum Gasteiger partial charge on any atom is 0.186 e. The van der Waals surface area contributed by atoms with Crippen LogP contribution in [0.3, 0.4) is 0 Å². The quantitative estimate of drug-likeness (QED) is 0.580. The zero-order valence-corrected chi connectivity index (χ0v) is 6.40. The second-order valence-corrected chi connectivity index (χ2v) is 2.54. The summed E-state index contributed by atoms with van der Waals surface area (Å²) in [6, 6.07) is 8.78. The normalized spacial score (nSPS) is 10.0. The molecule has 2 aliphatic rings. The van der Waals surface area contributed by atoms with Crippen LogP contribution in [0.1, 0.15) is 0 Å². The van der Waals surface area contributed by atoms with E-state index in [1.54, 1.807) is 30.6 Å². The summed E-state index contributed by atoms with van der Waals surface area (Å²) < 4.78 is 0. The lowest BCUT2D eigenvalue weighted by Gasteiger charge is -1.95. The van der Waals surface area contributed by atoms with Crippen molar-refractivity contribution in [1.82, 2.24) is 4.98 Å². The Morgan fingerprint density at radius 1 is 1.00 bits per heavy atom. The van der Waals surface area contributed by atoms with Crippen LogP contribution in [-0.2, 0) is 0 Å². The third-order valence-corrected chi connectivity index (χ3v) is 1.77. The molecule has 0 aromatic heterocycles. The predicted molar refractivity (Wildman–Crippen MR) is 47.1 cm³/mol. The predicted octanol–water partition coefficient (Wildman–Crippen LogP) is 1.55. The van der Waals surface area contributed by atoms with E-state index in [9.17, 15) is 4.79 Å². The van der Waals surface area contributed by atoms with Gasteiger partial charge < -0.3 is 0 Å². The van der Waals surface area contributed by atoms with Gasteiger partial charge in [-0.15, -0.1) is 0 Å². The summed E-state index contributed by atoms with van der Waals surface area (Å²) in [6.07, 6.45) is 3.31. The Morgan fingerprint density at radius 3 is 2.75 bits per heavy atom. The van der Waals surface area contributed by atoms with Crippen LogP contribution in [0, 0.1) is 0 Å². The van der Waals surface area contributed by atoms with Crippen molar-refractivity contribution < 1.29 is 0 Å². The minimum Gasteiger partial charge on any atom is -0.289 e. The summed E-state index contributed by atoms with van der Waals surface area (Å²) in [4.78, 5) is 15.2. The van der Waals surface area contributed by atoms with Crippen LogP contribution < -0.4 is 5.43 Å². The average Bonchev–Trinajstić information content (AvgIpc) is 2.30. The van der Waals surface area contributed by atoms with Crippen molar-refractivity contribution in [1.29, 1.82) is 0 Å². The molecule has 2 rings (SSSR count). The molecule has 0 fully saturated rings. The first kappa shape index (κ1) is 6.98. The second-order valence-electron chi connectivity index (χ2n) is 2.54. The van der Waals surface area contributed by atoms with Crippen LogP contribution in [0.4, 0.5) is 0 Å². The van der Waals surface area contributed by atoms with Crippen LogP contribution in [0.25, 0.3) is 11.1 Å².